The highest BCUT2D eigenvalue weighted by Gasteiger charge is 2.15. The molecule has 1 fully saturated rings. The van der Waals surface area contributed by atoms with Crippen molar-refractivity contribution >= 4 is 6.03 Å². The molecule has 0 bridgehead atoms. The summed E-state index contributed by atoms with van der Waals surface area (Å²) in [4.78, 5) is 11.5. The average molecular weight is 256 g/mol. The standard InChI is InChI=1S/C14H28N2O2/c1-12(16-14(18)15-10-5-11-17)8-9-13-6-3-2-4-7-13/h12-13,17H,2-11H2,1H3,(H2,15,16,18). The zero-order chi connectivity index (χ0) is 13.2. The molecule has 1 atom stereocenters. The van der Waals surface area contributed by atoms with Crippen LogP contribution in [0.3, 0.4) is 0 Å². The minimum absolute atomic E-state index is 0.111. The molecular formula is C14H28N2O2. The van der Waals surface area contributed by atoms with E-state index in [4.69, 9.17) is 5.11 Å². The summed E-state index contributed by atoms with van der Waals surface area (Å²) in [6.45, 7) is 2.73. The second kappa shape index (κ2) is 9.20. The number of urea groups is 1. The second-order valence-corrected chi connectivity index (χ2v) is 5.46. The first-order valence-electron chi connectivity index (χ1n) is 7.37. The molecule has 1 aliphatic carbocycles. The van der Waals surface area contributed by atoms with E-state index in [1.165, 1.54) is 38.5 Å². The number of aliphatic hydroxyl groups is 1. The van der Waals surface area contributed by atoms with Gasteiger partial charge in [0.2, 0.25) is 0 Å². The van der Waals surface area contributed by atoms with Crippen LogP contribution in [-0.4, -0.2) is 30.3 Å². The van der Waals surface area contributed by atoms with Crippen LogP contribution in [0.1, 0.15) is 58.3 Å². The van der Waals surface area contributed by atoms with Crippen LogP contribution in [-0.2, 0) is 0 Å². The van der Waals surface area contributed by atoms with Crippen molar-refractivity contribution in [3.05, 3.63) is 0 Å². The Morgan fingerprint density at radius 3 is 2.72 bits per heavy atom. The predicted octanol–water partition coefficient (Wildman–Crippen LogP) is 2.42. The summed E-state index contributed by atoms with van der Waals surface area (Å²) in [5, 5.41) is 14.3. The largest absolute Gasteiger partial charge is 0.396 e. The molecule has 1 rings (SSSR count). The Hall–Kier alpha value is -0.770. The Kier molecular flexibility index (Phi) is 7.81. The summed E-state index contributed by atoms with van der Waals surface area (Å²) in [6.07, 6.45) is 9.82. The third kappa shape index (κ3) is 6.84. The molecule has 0 aliphatic heterocycles. The van der Waals surface area contributed by atoms with E-state index in [9.17, 15) is 4.79 Å². The topological polar surface area (TPSA) is 61.4 Å². The Bertz CT molecular complexity index is 228. The molecule has 1 saturated carbocycles. The van der Waals surface area contributed by atoms with Crippen molar-refractivity contribution in [2.45, 2.75) is 64.3 Å². The zero-order valence-electron chi connectivity index (χ0n) is 11.6. The Morgan fingerprint density at radius 2 is 2.06 bits per heavy atom. The second-order valence-electron chi connectivity index (χ2n) is 5.46. The van der Waals surface area contributed by atoms with E-state index in [2.05, 4.69) is 17.6 Å². The minimum Gasteiger partial charge on any atom is -0.396 e. The number of hydrogen-bond acceptors (Lipinski definition) is 2. The average Bonchev–Trinajstić information content (AvgIpc) is 2.38. The minimum atomic E-state index is -0.111. The molecule has 0 saturated heterocycles. The van der Waals surface area contributed by atoms with Crippen molar-refractivity contribution in [3.8, 4) is 0 Å². The first-order valence-corrected chi connectivity index (χ1v) is 7.37. The van der Waals surface area contributed by atoms with Crippen LogP contribution in [0.2, 0.25) is 0 Å². The SMILES string of the molecule is CC(CCC1CCCCC1)NC(=O)NCCCO. The molecule has 2 amide bonds. The van der Waals surface area contributed by atoms with Gasteiger partial charge < -0.3 is 15.7 Å². The smallest absolute Gasteiger partial charge is 0.314 e. The molecule has 106 valence electrons. The molecule has 1 unspecified atom stereocenters. The van der Waals surface area contributed by atoms with E-state index in [1.54, 1.807) is 0 Å². The van der Waals surface area contributed by atoms with Crippen LogP contribution < -0.4 is 10.6 Å². The van der Waals surface area contributed by atoms with Crippen LogP contribution in [0.15, 0.2) is 0 Å². The van der Waals surface area contributed by atoms with Crippen LogP contribution in [0, 0.1) is 5.92 Å². The third-order valence-corrected chi connectivity index (χ3v) is 3.73. The third-order valence-electron chi connectivity index (χ3n) is 3.73. The first-order chi connectivity index (χ1) is 8.72. The molecule has 4 heteroatoms. The molecular weight excluding hydrogens is 228 g/mol. The van der Waals surface area contributed by atoms with Gasteiger partial charge in [0.15, 0.2) is 0 Å². The van der Waals surface area contributed by atoms with Crippen molar-refractivity contribution in [1.29, 1.82) is 0 Å². The van der Waals surface area contributed by atoms with E-state index >= 15 is 0 Å². The van der Waals surface area contributed by atoms with Gasteiger partial charge >= 0.3 is 6.03 Å². The lowest BCUT2D eigenvalue weighted by molar-refractivity contribution is 0.233. The maximum absolute atomic E-state index is 11.5. The van der Waals surface area contributed by atoms with E-state index in [0.717, 1.165) is 12.3 Å². The number of aliphatic hydroxyl groups excluding tert-OH is 1. The van der Waals surface area contributed by atoms with Crippen LogP contribution in [0.25, 0.3) is 0 Å². The summed E-state index contributed by atoms with van der Waals surface area (Å²) in [6, 6.07) is 0.126. The zero-order valence-corrected chi connectivity index (χ0v) is 11.6. The van der Waals surface area contributed by atoms with E-state index in [0.29, 0.717) is 13.0 Å². The Labute approximate surface area is 111 Å². The lowest BCUT2D eigenvalue weighted by atomic mass is 9.85. The maximum Gasteiger partial charge on any atom is 0.314 e. The van der Waals surface area contributed by atoms with Gasteiger partial charge in [-0.1, -0.05) is 32.1 Å². The monoisotopic (exact) mass is 256 g/mol. The molecule has 0 aromatic heterocycles. The highest BCUT2D eigenvalue weighted by atomic mass is 16.3. The number of amides is 2. The lowest BCUT2D eigenvalue weighted by Gasteiger charge is -2.23. The summed E-state index contributed by atoms with van der Waals surface area (Å²) in [5.74, 6) is 0.875. The molecule has 3 N–H and O–H groups in total. The number of carbonyl (C=O) groups is 1. The van der Waals surface area contributed by atoms with Crippen molar-refractivity contribution in [2.75, 3.05) is 13.2 Å². The fraction of sp³-hybridized carbons (Fsp3) is 0.929. The summed E-state index contributed by atoms with van der Waals surface area (Å²) in [7, 11) is 0. The van der Waals surface area contributed by atoms with Gasteiger partial charge in [-0.2, -0.15) is 0 Å². The lowest BCUT2D eigenvalue weighted by Crippen LogP contribution is -2.41. The van der Waals surface area contributed by atoms with Gasteiger partial charge in [-0.05, 0) is 32.1 Å². The normalized spacial score (nSPS) is 18.3. The van der Waals surface area contributed by atoms with Gasteiger partial charge in [0.05, 0.1) is 0 Å². The van der Waals surface area contributed by atoms with Gasteiger partial charge in [-0.15, -0.1) is 0 Å². The molecule has 0 heterocycles. The van der Waals surface area contributed by atoms with Crippen molar-refractivity contribution in [3.63, 3.8) is 0 Å². The van der Waals surface area contributed by atoms with Crippen molar-refractivity contribution in [1.82, 2.24) is 10.6 Å². The van der Waals surface area contributed by atoms with Crippen molar-refractivity contribution < 1.29 is 9.90 Å². The summed E-state index contributed by atoms with van der Waals surface area (Å²) in [5.41, 5.74) is 0. The number of rotatable bonds is 7. The molecule has 1 aliphatic rings. The van der Waals surface area contributed by atoms with Gasteiger partial charge in [0.25, 0.3) is 0 Å². The van der Waals surface area contributed by atoms with Gasteiger partial charge in [-0.3, -0.25) is 0 Å². The molecule has 0 aromatic rings. The molecule has 0 aromatic carbocycles. The molecule has 0 spiro atoms. The Balaban J connectivity index is 2.04. The van der Waals surface area contributed by atoms with E-state index in [1.807, 2.05) is 0 Å². The van der Waals surface area contributed by atoms with Gasteiger partial charge in [-0.25, -0.2) is 4.79 Å². The fourth-order valence-electron chi connectivity index (χ4n) is 2.59. The summed E-state index contributed by atoms with van der Waals surface area (Å²) < 4.78 is 0. The number of carbonyl (C=O) groups excluding carboxylic acids is 1. The van der Waals surface area contributed by atoms with Crippen LogP contribution in [0.5, 0.6) is 0 Å². The highest BCUT2D eigenvalue weighted by molar-refractivity contribution is 5.74. The molecule has 4 nitrogen and oxygen atoms in total. The maximum atomic E-state index is 11.5. The van der Waals surface area contributed by atoms with Crippen molar-refractivity contribution in [2.24, 2.45) is 5.92 Å². The number of nitrogens with one attached hydrogen (secondary N) is 2. The summed E-state index contributed by atoms with van der Waals surface area (Å²) >= 11 is 0. The Morgan fingerprint density at radius 1 is 1.33 bits per heavy atom. The van der Waals surface area contributed by atoms with E-state index < -0.39 is 0 Å². The van der Waals surface area contributed by atoms with E-state index in [-0.39, 0.29) is 18.7 Å². The molecule has 18 heavy (non-hydrogen) atoms. The fourth-order valence-corrected chi connectivity index (χ4v) is 2.59. The first kappa shape index (κ1) is 15.3. The highest BCUT2D eigenvalue weighted by Crippen LogP contribution is 2.27. The molecule has 0 radical (unpaired) electrons. The number of hydrogen-bond donors (Lipinski definition) is 3. The van der Waals surface area contributed by atoms with Crippen LogP contribution >= 0.6 is 0 Å². The van der Waals surface area contributed by atoms with Gasteiger partial charge in [0.1, 0.15) is 0 Å². The predicted molar refractivity (Wildman–Crippen MR) is 73.5 cm³/mol. The van der Waals surface area contributed by atoms with Crippen LogP contribution in [0.4, 0.5) is 4.79 Å². The van der Waals surface area contributed by atoms with Gasteiger partial charge in [0, 0.05) is 19.2 Å². The quantitative estimate of drug-likeness (QED) is 0.613.